The smallest absolute Gasteiger partial charge is 0.281 e. The van der Waals surface area contributed by atoms with Crippen LogP contribution in [0.2, 0.25) is 0 Å². The first-order chi connectivity index (χ1) is 11.0. The molecule has 0 saturated heterocycles. The van der Waals surface area contributed by atoms with E-state index in [4.69, 9.17) is 12.2 Å². The fraction of sp³-hybridized carbons (Fsp3) is 0.500. The number of hydrogen-bond donors (Lipinski definition) is 1. The molecule has 2 rings (SSSR count). The molecule has 132 valence electrons. The molecule has 0 aliphatic heterocycles. The summed E-state index contributed by atoms with van der Waals surface area (Å²) in [6.07, 6.45) is -4.29. The number of aromatic nitrogens is 3. The minimum absolute atomic E-state index is 0.00365. The van der Waals surface area contributed by atoms with Gasteiger partial charge >= 0.3 is 6.18 Å². The summed E-state index contributed by atoms with van der Waals surface area (Å²) >= 11 is 5.18. The van der Waals surface area contributed by atoms with Crippen LogP contribution in [0.25, 0.3) is 0 Å². The van der Waals surface area contributed by atoms with E-state index >= 15 is 0 Å². The second kappa shape index (κ2) is 7.06. The summed E-state index contributed by atoms with van der Waals surface area (Å²) in [4.78, 5) is 5.54. The van der Waals surface area contributed by atoms with Gasteiger partial charge in [0.1, 0.15) is 5.82 Å². The Labute approximate surface area is 144 Å². The number of alkyl halides is 3. The van der Waals surface area contributed by atoms with Gasteiger partial charge in [0.15, 0.2) is 0 Å². The monoisotopic (exact) mass is 358 g/mol. The molecule has 1 aromatic heterocycles. The minimum atomic E-state index is -4.29. The van der Waals surface area contributed by atoms with Gasteiger partial charge in [0.25, 0.3) is 0 Å². The van der Waals surface area contributed by atoms with E-state index in [1.54, 1.807) is 24.3 Å². The first kappa shape index (κ1) is 18.7. The molecule has 0 fully saturated rings. The van der Waals surface area contributed by atoms with Crippen molar-refractivity contribution in [1.29, 1.82) is 0 Å². The quantitative estimate of drug-likeness (QED) is 0.812. The Kier molecular flexibility index (Phi) is 5.49. The molecule has 0 unspecified atom stereocenters. The highest BCUT2D eigenvalue weighted by Gasteiger charge is 2.31. The van der Waals surface area contributed by atoms with E-state index in [1.807, 2.05) is 26.8 Å². The van der Waals surface area contributed by atoms with E-state index in [0.29, 0.717) is 5.82 Å². The lowest BCUT2D eigenvalue weighted by atomic mass is 9.96. The summed E-state index contributed by atoms with van der Waals surface area (Å²) in [5.41, 5.74) is 0.552. The molecule has 0 atom stereocenters. The van der Waals surface area contributed by atoms with Crippen molar-refractivity contribution in [3.63, 3.8) is 0 Å². The number of benzene rings is 1. The number of nitrogens with zero attached hydrogens (tertiary/aromatic N) is 3. The normalized spacial score (nSPS) is 12.8. The maximum atomic E-state index is 12.9. The zero-order valence-corrected chi connectivity index (χ0v) is 14.7. The molecule has 24 heavy (non-hydrogen) atoms. The Bertz CT molecular complexity index is 713. The number of halogens is 3. The highest BCUT2D eigenvalue weighted by Crippen LogP contribution is 2.20. The van der Waals surface area contributed by atoms with Crippen LogP contribution in [0, 0.1) is 4.77 Å². The van der Waals surface area contributed by atoms with Gasteiger partial charge in [-0.15, -0.1) is 0 Å². The number of rotatable bonds is 5. The molecule has 0 saturated carbocycles. The van der Waals surface area contributed by atoms with Crippen molar-refractivity contribution in [2.24, 2.45) is 0 Å². The fourth-order valence-corrected chi connectivity index (χ4v) is 2.43. The van der Waals surface area contributed by atoms with Crippen molar-refractivity contribution >= 4 is 12.2 Å². The maximum absolute atomic E-state index is 12.9. The molecule has 0 amide bonds. The molecule has 0 radical (unpaired) electrons. The maximum Gasteiger partial charge on any atom is 0.401 e. The zero-order valence-electron chi connectivity index (χ0n) is 13.9. The van der Waals surface area contributed by atoms with E-state index in [-0.39, 0.29) is 23.4 Å². The van der Waals surface area contributed by atoms with Crippen LogP contribution in [0.15, 0.2) is 30.3 Å². The third kappa shape index (κ3) is 5.45. The molecule has 2 aromatic rings. The summed E-state index contributed by atoms with van der Waals surface area (Å²) in [5.74, 6) is 0.652. The SMILES string of the molecule is CC(C)(C)c1nc(=S)n(CN(Cc2ccccc2)CC(F)(F)F)[nH]1. The van der Waals surface area contributed by atoms with Crippen LogP contribution in [-0.2, 0) is 18.6 Å². The minimum Gasteiger partial charge on any atom is -0.281 e. The van der Waals surface area contributed by atoms with Gasteiger partial charge in [-0.25, -0.2) is 9.67 Å². The summed E-state index contributed by atoms with van der Waals surface area (Å²) in [6, 6.07) is 9.05. The lowest BCUT2D eigenvalue weighted by molar-refractivity contribution is -0.151. The molecule has 1 N–H and O–H groups in total. The Morgan fingerprint density at radius 2 is 1.79 bits per heavy atom. The molecule has 0 spiro atoms. The van der Waals surface area contributed by atoms with Crippen molar-refractivity contribution in [2.45, 2.75) is 45.6 Å². The number of nitrogens with one attached hydrogen (secondary N) is 1. The van der Waals surface area contributed by atoms with E-state index < -0.39 is 12.7 Å². The second-order valence-corrected chi connectivity index (χ2v) is 7.13. The van der Waals surface area contributed by atoms with Gasteiger partial charge < -0.3 is 0 Å². The van der Waals surface area contributed by atoms with Crippen LogP contribution >= 0.6 is 12.2 Å². The Morgan fingerprint density at radius 1 is 1.17 bits per heavy atom. The lowest BCUT2D eigenvalue weighted by Gasteiger charge is -2.24. The topological polar surface area (TPSA) is 36.9 Å². The zero-order chi connectivity index (χ0) is 18.0. The molecule has 4 nitrogen and oxygen atoms in total. The van der Waals surface area contributed by atoms with E-state index in [0.717, 1.165) is 5.56 Å². The van der Waals surface area contributed by atoms with Crippen molar-refractivity contribution in [3.8, 4) is 0 Å². The van der Waals surface area contributed by atoms with E-state index in [1.165, 1.54) is 9.58 Å². The summed E-state index contributed by atoms with van der Waals surface area (Å²) in [7, 11) is 0. The van der Waals surface area contributed by atoms with E-state index in [9.17, 15) is 13.2 Å². The highest BCUT2D eigenvalue weighted by atomic mass is 32.1. The van der Waals surface area contributed by atoms with Gasteiger partial charge in [-0.2, -0.15) is 13.2 Å². The average Bonchev–Trinajstić information content (AvgIpc) is 2.79. The van der Waals surface area contributed by atoms with Gasteiger partial charge in [-0.3, -0.25) is 10.00 Å². The van der Waals surface area contributed by atoms with Crippen LogP contribution in [0.1, 0.15) is 32.2 Å². The van der Waals surface area contributed by atoms with Gasteiger partial charge in [-0.1, -0.05) is 51.1 Å². The van der Waals surface area contributed by atoms with Crippen LogP contribution in [0.3, 0.4) is 0 Å². The Hall–Kier alpha value is -1.67. The Morgan fingerprint density at radius 3 is 2.29 bits per heavy atom. The first-order valence-electron chi connectivity index (χ1n) is 7.55. The largest absolute Gasteiger partial charge is 0.401 e. The van der Waals surface area contributed by atoms with Crippen LogP contribution in [0.4, 0.5) is 13.2 Å². The molecule has 0 bridgehead atoms. The van der Waals surface area contributed by atoms with Gasteiger partial charge in [0, 0.05) is 12.0 Å². The number of aromatic amines is 1. The molecule has 1 aromatic carbocycles. The summed E-state index contributed by atoms with van der Waals surface area (Å²) < 4.78 is 40.4. The molecule has 1 heterocycles. The Balaban J connectivity index is 2.22. The van der Waals surface area contributed by atoms with Gasteiger partial charge in [0.2, 0.25) is 4.77 Å². The predicted octanol–water partition coefficient (Wildman–Crippen LogP) is 4.26. The van der Waals surface area contributed by atoms with Crippen molar-refractivity contribution in [2.75, 3.05) is 6.54 Å². The lowest BCUT2D eigenvalue weighted by Crippen LogP contribution is -2.35. The van der Waals surface area contributed by atoms with Crippen LogP contribution in [-0.4, -0.2) is 32.4 Å². The number of hydrogen-bond acceptors (Lipinski definition) is 3. The molecular formula is C16H21F3N4S. The second-order valence-electron chi connectivity index (χ2n) is 6.76. The predicted molar refractivity (Wildman–Crippen MR) is 89.0 cm³/mol. The fourth-order valence-electron chi connectivity index (χ4n) is 2.24. The summed E-state index contributed by atoms with van der Waals surface area (Å²) in [5, 5.41) is 3.02. The molecule has 8 heteroatoms. The number of H-pyrrole nitrogens is 1. The summed E-state index contributed by atoms with van der Waals surface area (Å²) in [6.45, 7) is 5.03. The molecular weight excluding hydrogens is 337 g/mol. The van der Waals surface area contributed by atoms with Gasteiger partial charge in [0.05, 0.1) is 13.2 Å². The van der Waals surface area contributed by atoms with E-state index in [2.05, 4.69) is 10.1 Å². The average molecular weight is 358 g/mol. The van der Waals surface area contributed by atoms with Crippen LogP contribution in [0.5, 0.6) is 0 Å². The van der Waals surface area contributed by atoms with Crippen molar-refractivity contribution in [1.82, 2.24) is 19.7 Å². The van der Waals surface area contributed by atoms with Crippen molar-refractivity contribution < 1.29 is 13.2 Å². The van der Waals surface area contributed by atoms with Crippen molar-refractivity contribution in [3.05, 3.63) is 46.5 Å². The van der Waals surface area contributed by atoms with Crippen LogP contribution < -0.4 is 0 Å². The molecule has 0 aliphatic carbocycles. The van der Waals surface area contributed by atoms with Gasteiger partial charge in [-0.05, 0) is 17.8 Å². The first-order valence-corrected chi connectivity index (χ1v) is 7.96. The highest BCUT2D eigenvalue weighted by molar-refractivity contribution is 7.71. The third-order valence-electron chi connectivity index (χ3n) is 3.38. The third-order valence-corrected chi connectivity index (χ3v) is 3.69. The molecule has 0 aliphatic rings. The standard InChI is InChI=1S/C16H21F3N4S/c1-15(2,3)13-20-14(24)23(21-13)11-22(10-16(17,18)19)9-12-7-5-4-6-8-12/h4-8H,9-11H2,1-3H3,(H,20,21,24).